The second-order valence-corrected chi connectivity index (χ2v) is 7.36. The van der Waals surface area contributed by atoms with Crippen molar-refractivity contribution >= 4 is 5.91 Å². The van der Waals surface area contributed by atoms with E-state index in [2.05, 4.69) is 15.0 Å². The summed E-state index contributed by atoms with van der Waals surface area (Å²) in [5.41, 5.74) is 0. The Morgan fingerprint density at radius 2 is 1.95 bits per heavy atom. The summed E-state index contributed by atoms with van der Waals surface area (Å²) < 4.78 is 1.92. The third-order valence-electron chi connectivity index (χ3n) is 5.93. The lowest BCUT2D eigenvalue weighted by Gasteiger charge is -2.33. The summed E-state index contributed by atoms with van der Waals surface area (Å²) in [6.07, 6.45) is 13.6. The van der Waals surface area contributed by atoms with Gasteiger partial charge in [-0.25, -0.2) is 9.67 Å². The minimum absolute atomic E-state index is 0.312. The number of rotatable bonds is 3. The van der Waals surface area contributed by atoms with Gasteiger partial charge in [0.15, 0.2) is 0 Å². The van der Waals surface area contributed by atoms with Crippen molar-refractivity contribution < 1.29 is 4.79 Å². The molecule has 0 bridgehead atoms. The molecule has 2 heterocycles. The maximum atomic E-state index is 12.8. The number of hydrogen-bond acceptors (Lipinski definition) is 3. The van der Waals surface area contributed by atoms with Gasteiger partial charge >= 0.3 is 0 Å². The Kier molecular flexibility index (Phi) is 3.89. The SMILES string of the molecule is O=C([C@@H]1C[C@@H]1C1CCCCC1)N1CCC[C@H](n2cncn2)C1. The number of carbonyl (C=O) groups excluding carboxylic acids is 1. The topological polar surface area (TPSA) is 51.0 Å². The summed E-state index contributed by atoms with van der Waals surface area (Å²) in [5.74, 6) is 2.27. The van der Waals surface area contributed by atoms with Gasteiger partial charge in [-0.3, -0.25) is 4.79 Å². The maximum absolute atomic E-state index is 12.8. The van der Waals surface area contributed by atoms with E-state index in [1.807, 2.05) is 4.68 Å². The molecule has 1 aromatic rings. The summed E-state index contributed by atoms with van der Waals surface area (Å²) >= 11 is 0. The van der Waals surface area contributed by atoms with Gasteiger partial charge in [0.2, 0.25) is 5.91 Å². The second-order valence-electron chi connectivity index (χ2n) is 7.36. The molecule has 1 saturated heterocycles. The molecule has 5 heteroatoms. The van der Waals surface area contributed by atoms with E-state index in [1.54, 1.807) is 12.7 Å². The Bertz CT molecular complexity index is 509. The first-order valence-electron chi connectivity index (χ1n) is 8.96. The fourth-order valence-corrected chi connectivity index (χ4v) is 4.59. The van der Waals surface area contributed by atoms with Gasteiger partial charge in [0, 0.05) is 19.0 Å². The van der Waals surface area contributed by atoms with Crippen LogP contribution in [0.25, 0.3) is 0 Å². The first kappa shape index (κ1) is 14.2. The van der Waals surface area contributed by atoms with Crippen molar-refractivity contribution in [3.8, 4) is 0 Å². The highest BCUT2D eigenvalue weighted by Crippen LogP contribution is 2.50. The molecule has 5 nitrogen and oxygen atoms in total. The number of likely N-dealkylation sites (tertiary alicyclic amines) is 1. The van der Waals surface area contributed by atoms with Gasteiger partial charge in [0.05, 0.1) is 6.04 Å². The van der Waals surface area contributed by atoms with E-state index in [-0.39, 0.29) is 0 Å². The molecule has 1 amide bonds. The van der Waals surface area contributed by atoms with Gasteiger partial charge in [0.1, 0.15) is 12.7 Å². The molecule has 0 N–H and O–H groups in total. The van der Waals surface area contributed by atoms with Gasteiger partial charge < -0.3 is 4.90 Å². The molecule has 0 radical (unpaired) electrons. The maximum Gasteiger partial charge on any atom is 0.226 e. The van der Waals surface area contributed by atoms with E-state index >= 15 is 0 Å². The van der Waals surface area contributed by atoms with Crippen LogP contribution in [0.3, 0.4) is 0 Å². The van der Waals surface area contributed by atoms with Crippen molar-refractivity contribution in [2.24, 2.45) is 17.8 Å². The Hall–Kier alpha value is -1.39. The van der Waals surface area contributed by atoms with Gasteiger partial charge in [-0.15, -0.1) is 0 Å². The van der Waals surface area contributed by atoms with Crippen molar-refractivity contribution in [1.82, 2.24) is 19.7 Å². The number of hydrogen-bond donors (Lipinski definition) is 0. The highest BCUT2D eigenvalue weighted by atomic mass is 16.2. The average molecular weight is 302 g/mol. The molecule has 2 saturated carbocycles. The van der Waals surface area contributed by atoms with Crippen LogP contribution in [0.4, 0.5) is 0 Å². The molecule has 0 aromatic carbocycles. The number of piperidine rings is 1. The zero-order valence-electron chi connectivity index (χ0n) is 13.2. The lowest BCUT2D eigenvalue weighted by Crippen LogP contribution is -2.42. The smallest absolute Gasteiger partial charge is 0.226 e. The number of amides is 1. The normalized spacial score (nSPS) is 32.9. The summed E-state index contributed by atoms with van der Waals surface area (Å²) in [6, 6.07) is 0.312. The van der Waals surface area contributed by atoms with E-state index in [0.29, 0.717) is 23.8 Å². The van der Waals surface area contributed by atoms with Crippen molar-refractivity contribution in [2.75, 3.05) is 13.1 Å². The van der Waals surface area contributed by atoms with E-state index in [0.717, 1.165) is 38.3 Å². The standard InChI is InChI=1S/C17H26N4O/c22-17(16-9-15(16)13-5-2-1-3-6-13)20-8-4-7-14(10-20)21-12-18-11-19-21/h11-16H,1-10H2/t14-,15+,16+/m0/s1. The number of aromatic nitrogens is 3. The summed E-state index contributed by atoms with van der Waals surface area (Å²) in [5, 5.41) is 4.25. The van der Waals surface area contributed by atoms with Crippen LogP contribution >= 0.6 is 0 Å². The summed E-state index contributed by atoms with van der Waals surface area (Å²) in [6.45, 7) is 1.74. The van der Waals surface area contributed by atoms with Crippen LogP contribution < -0.4 is 0 Å². The van der Waals surface area contributed by atoms with Crippen molar-refractivity contribution in [1.29, 1.82) is 0 Å². The highest BCUT2D eigenvalue weighted by Gasteiger charge is 2.49. The summed E-state index contributed by atoms with van der Waals surface area (Å²) in [7, 11) is 0. The number of carbonyl (C=O) groups is 1. The zero-order chi connectivity index (χ0) is 14.9. The Labute approximate surface area is 132 Å². The average Bonchev–Trinajstić information content (AvgIpc) is 3.19. The molecule has 3 fully saturated rings. The predicted octanol–water partition coefficient (Wildman–Crippen LogP) is 2.66. The van der Waals surface area contributed by atoms with Crippen LogP contribution in [0, 0.1) is 17.8 Å². The van der Waals surface area contributed by atoms with Crippen LogP contribution in [0.5, 0.6) is 0 Å². The molecule has 120 valence electrons. The molecule has 0 unspecified atom stereocenters. The van der Waals surface area contributed by atoms with Crippen LogP contribution in [0.15, 0.2) is 12.7 Å². The first-order valence-corrected chi connectivity index (χ1v) is 8.96. The van der Waals surface area contributed by atoms with Crippen molar-refractivity contribution in [2.45, 2.75) is 57.4 Å². The molecule has 3 aliphatic rings. The fourth-order valence-electron chi connectivity index (χ4n) is 4.59. The highest BCUT2D eigenvalue weighted by molar-refractivity contribution is 5.81. The van der Waals surface area contributed by atoms with Gasteiger partial charge in [0.25, 0.3) is 0 Å². The van der Waals surface area contributed by atoms with E-state index in [1.165, 1.54) is 32.1 Å². The fraction of sp³-hybridized carbons (Fsp3) is 0.824. The minimum atomic E-state index is 0.312. The van der Waals surface area contributed by atoms with Gasteiger partial charge in [-0.2, -0.15) is 5.10 Å². The molecular formula is C17H26N4O. The van der Waals surface area contributed by atoms with Crippen LogP contribution in [-0.4, -0.2) is 38.7 Å². The zero-order valence-corrected chi connectivity index (χ0v) is 13.2. The molecule has 1 aromatic heterocycles. The van der Waals surface area contributed by atoms with Crippen LogP contribution in [0.2, 0.25) is 0 Å². The Balaban J connectivity index is 1.35. The minimum Gasteiger partial charge on any atom is -0.340 e. The summed E-state index contributed by atoms with van der Waals surface area (Å²) in [4.78, 5) is 18.9. The van der Waals surface area contributed by atoms with E-state index < -0.39 is 0 Å². The quantitative estimate of drug-likeness (QED) is 0.862. The van der Waals surface area contributed by atoms with E-state index in [9.17, 15) is 4.79 Å². The Morgan fingerprint density at radius 3 is 2.73 bits per heavy atom. The molecule has 1 aliphatic heterocycles. The molecule has 2 aliphatic carbocycles. The molecule has 4 rings (SSSR count). The predicted molar refractivity (Wildman–Crippen MR) is 83.0 cm³/mol. The van der Waals surface area contributed by atoms with Crippen molar-refractivity contribution in [3.63, 3.8) is 0 Å². The lowest BCUT2D eigenvalue weighted by atomic mass is 9.85. The second kappa shape index (κ2) is 6.01. The van der Waals surface area contributed by atoms with Crippen LogP contribution in [0.1, 0.15) is 57.4 Å². The van der Waals surface area contributed by atoms with Crippen molar-refractivity contribution in [3.05, 3.63) is 12.7 Å². The van der Waals surface area contributed by atoms with Gasteiger partial charge in [-0.05, 0) is 31.1 Å². The third kappa shape index (κ3) is 2.77. The largest absolute Gasteiger partial charge is 0.340 e. The molecule has 22 heavy (non-hydrogen) atoms. The van der Waals surface area contributed by atoms with E-state index in [4.69, 9.17) is 0 Å². The first-order chi connectivity index (χ1) is 10.8. The Morgan fingerprint density at radius 1 is 1.09 bits per heavy atom. The lowest BCUT2D eigenvalue weighted by molar-refractivity contribution is -0.134. The number of nitrogens with zero attached hydrogens (tertiary/aromatic N) is 4. The molecular weight excluding hydrogens is 276 g/mol. The third-order valence-corrected chi connectivity index (χ3v) is 5.93. The molecule has 3 atom stereocenters. The molecule has 0 spiro atoms. The van der Waals surface area contributed by atoms with Crippen LogP contribution in [-0.2, 0) is 4.79 Å². The van der Waals surface area contributed by atoms with Gasteiger partial charge in [-0.1, -0.05) is 32.1 Å². The monoisotopic (exact) mass is 302 g/mol.